The maximum Gasteiger partial charge on any atom is 0.253 e. The minimum absolute atomic E-state index is 0.141. The molecule has 128 valence electrons. The van der Waals surface area contributed by atoms with E-state index in [-0.39, 0.29) is 5.91 Å². The smallest absolute Gasteiger partial charge is 0.253 e. The molecule has 0 aromatic carbocycles. The summed E-state index contributed by atoms with van der Waals surface area (Å²) in [6, 6.07) is 0.456. The second-order valence-corrected chi connectivity index (χ2v) is 7.89. The van der Waals surface area contributed by atoms with Gasteiger partial charge in [0, 0.05) is 18.2 Å². The van der Waals surface area contributed by atoms with Crippen LogP contribution in [-0.4, -0.2) is 36.5 Å². The standard InChI is InChI=1S/C19H30N2OS/c1-14(13-18(23)16-8-10-20-11-9-16)19(22)21-12-4-6-15-5-2-3-7-17(15)21/h13,15-17,20,23H,1-12H2/b18-13-. The van der Waals surface area contributed by atoms with Gasteiger partial charge < -0.3 is 10.2 Å². The van der Waals surface area contributed by atoms with E-state index in [1.54, 1.807) is 0 Å². The second kappa shape index (κ2) is 7.89. The van der Waals surface area contributed by atoms with E-state index >= 15 is 0 Å². The van der Waals surface area contributed by atoms with Crippen LogP contribution in [0.1, 0.15) is 51.4 Å². The molecule has 2 aliphatic heterocycles. The van der Waals surface area contributed by atoms with E-state index in [0.717, 1.165) is 49.7 Å². The molecule has 2 heterocycles. The van der Waals surface area contributed by atoms with Crippen LogP contribution in [-0.2, 0) is 4.79 Å². The van der Waals surface area contributed by atoms with Gasteiger partial charge in [-0.05, 0) is 74.4 Å². The van der Waals surface area contributed by atoms with Crippen LogP contribution >= 0.6 is 12.6 Å². The van der Waals surface area contributed by atoms with Crippen LogP contribution in [0.4, 0.5) is 0 Å². The molecule has 1 saturated carbocycles. The maximum atomic E-state index is 12.9. The molecule has 1 aliphatic carbocycles. The number of amides is 1. The fourth-order valence-corrected chi connectivity index (χ4v) is 4.95. The number of fused-ring (bicyclic) bond motifs is 1. The zero-order chi connectivity index (χ0) is 16.2. The molecule has 2 saturated heterocycles. The maximum absolute atomic E-state index is 12.9. The molecule has 3 rings (SSSR count). The topological polar surface area (TPSA) is 32.3 Å². The van der Waals surface area contributed by atoms with E-state index in [1.807, 2.05) is 6.08 Å². The molecule has 1 amide bonds. The van der Waals surface area contributed by atoms with Gasteiger partial charge in [-0.15, -0.1) is 12.6 Å². The Hall–Kier alpha value is -0.740. The van der Waals surface area contributed by atoms with Gasteiger partial charge in [0.2, 0.25) is 0 Å². The lowest BCUT2D eigenvalue weighted by Crippen LogP contribution is -2.49. The average Bonchev–Trinajstić information content (AvgIpc) is 2.61. The summed E-state index contributed by atoms with van der Waals surface area (Å²) < 4.78 is 0. The number of nitrogens with one attached hydrogen (secondary N) is 1. The lowest BCUT2D eigenvalue weighted by Gasteiger charge is -2.44. The van der Waals surface area contributed by atoms with Crippen molar-refractivity contribution in [1.29, 1.82) is 0 Å². The van der Waals surface area contributed by atoms with E-state index in [1.165, 1.54) is 32.1 Å². The van der Waals surface area contributed by atoms with Crippen LogP contribution < -0.4 is 5.32 Å². The minimum atomic E-state index is 0.141. The molecule has 1 N–H and O–H groups in total. The number of thiol groups is 1. The Morgan fingerprint density at radius 3 is 2.57 bits per heavy atom. The molecule has 3 fully saturated rings. The first-order chi connectivity index (χ1) is 11.2. The molecule has 3 aliphatic rings. The van der Waals surface area contributed by atoms with Gasteiger partial charge in [0.25, 0.3) is 5.91 Å². The fraction of sp³-hybridized carbons (Fsp3) is 0.737. The number of likely N-dealkylation sites (tertiary alicyclic amines) is 1. The van der Waals surface area contributed by atoms with Crippen molar-refractivity contribution >= 4 is 18.5 Å². The molecule has 0 bridgehead atoms. The van der Waals surface area contributed by atoms with E-state index in [4.69, 9.17) is 0 Å². The monoisotopic (exact) mass is 334 g/mol. The van der Waals surface area contributed by atoms with Crippen molar-refractivity contribution in [2.24, 2.45) is 11.8 Å². The molecule has 3 nitrogen and oxygen atoms in total. The van der Waals surface area contributed by atoms with Crippen molar-refractivity contribution in [2.75, 3.05) is 19.6 Å². The van der Waals surface area contributed by atoms with Crippen LogP contribution in [0.15, 0.2) is 23.1 Å². The molecule has 2 unspecified atom stereocenters. The van der Waals surface area contributed by atoms with Gasteiger partial charge in [-0.2, -0.15) is 0 Å². The highest BCUT2D eigenvalue weighted by molar-refractivity contribution is 7.84. The average molecular weight is 335 g/mol. The summed E-state index contributed by atoms with van der Waals surface area (Å²) in [5, 5.41) is 3.37. The van der Waals surface area contributed by atoms with E-state index < -0.39 is 0 Å². The van der Waals surface area contributed by atoms with Gasteiger partial charge in [0.15, 0.2) is 0 Å². The van der Waals surface area contributed by atoms with Gasteiger partial charge in [0.05, 0.1) is 0 Å². The molecular weight excluding hydrogens is 304 g/mol. The lowest BCUT2D eigenvalue weighted by molar-refractivity contribution is -0.132. The Balaban J connectivity index is 1.65. The number of rotatable bonds is 3. The molecular formula is C19H30N2OS. The van der Waals surface area contributed by atoms with Gasteiger partial charge in [-0.25, -0.2) is 0 Å². The number of nitrogens with zero attached hydrogens (tertiary/aromatic N) is 1. The third-order valence-electron chi connectivity index (χ3n) is 5.86. The first-order valence-corrected chi connectivity index (χ1v) is 9.72. The molecule has 0 aromatic heterocycles. The molecule has 23 heavy (non-hydrogen) atoms. The number of hydrogen-bond donors (Lipinski definition) is 2. The summed E-state index contributed by atoms with van der Waals surface area (Å²) >= 11 is 4.67. The summed E-state index contributed by atoms with van der Waals surface area (Å²) in [6.07, 6.45) is 11.7. The first kappa shape index (κ1) is 17.1. The second-order valence-electron chi connectivity index (χ2n) is 7.37. The summed E-state index contributed by atoms with van der Waals surface area (Å²) in [6.45, 7) is 7.06. The number of hydrogen-bond acceptors (Lipinski definition) is 3. The Bertz CT molecular complexity index is 480. The third kappa shape index (κ3) is 4.03. The highest BCUT2D eigenvalue weighted by Crippen LogP contribution is 2.36. The molecule has 4 heteroatoms. The Labute approximate surface area is 146 Å². The van der Waals surface area contributed by atoms with Crippen molar-refractivity contribution in [2.45, 2.75) is 57.4 Å². The predicted octanol–water partition coefficient (Wildman–Crippen LogP) is 3.54. The highest BCUT2D eigenvalue weighted by atomic mass is 32.1. The molecule has 0 spiro atoms. The fourth-order valence-electron chi connectivity index (χ4n) is 4.54. The summed E-state index contributed by atoms with van der Waals surface area (Å²) in [5.41, 5.74) is 0.625. The van der Waals surface area contributed by atoms with Crippen molar-refractivity contribution in [1.82, 2.24) is 10.2 Å². The van der Waals surface area contributed by atoms with E-state index in [2.05, 4.69) is 29.4 Å². The van der Waals surface area contributed by atoms with Gasteiger partial charge >= 0.3 is 0 Å². The Kier molecular flexibility index (Phi) is 5.86. The zero-order valence-corrected chi connectivity index (χ0v) is 15.0. The molecule has 0 aromatic rings. The van der Waals surface area contributed by atoms with Crippen molar-refractivity contribution in [3.8, 4) is 0 Å². The summed E-state index contributed by atoms with van der Waals surface area (Å²) in [4.78, 5) is 16.1. The number of allylic oxidation sites excluding steroid dienone is 1. The van der Waals surface area contributed by atoms with Crippen LogP contribution in [0.2, 0.25) is 0 Å². The lowest BCUT2D eigenvalue weighted by atomic mass is 9.78. The SMILES string of the molecule is C=C(/C=C(\S)C1CCNCC1)C(=O)N1CCCC2CCCCC21. The zero-order valence-electron chi connectivity index (χ0n) is 14.1. The van der Waals surface area contributed by atoms with E-state index in [0.29, 0.717) is 17.5 Å². The van der Waals surface area contributed by atoms with Crippen LogP contribution in [0.5, 0.6) is 0 Å². The Morgan fingerprint density at radius 2 is 1.78 bits per heavy atom. The van der Waals surface area contributed by atoms with Crippen LogP contribution in [0.25, 0.3) is 0 Å². The molecule has 0 radical (unpaired) electrons. The van der Waals surface area contributed by atoms with Gasteiger partial charge in [-0.1, -0.05) is 19.4 Å². The quantitative estimate of drug-likeness (QED) is 0.470. The van der Waals surface area contributed by atoms with Crippen molar-refractivity contribution in [3.63, 3.8) is 0 Å². The largest absolute Gasteiger partial charge is 0.335 e. The minimum Gasteiger partial charge on any atom is -0.335 e. The van der Waals surface area contributed by atoms with Crippen LogP contribution in [0, 0.1) is 11.8 Å². The third-order valence-corrected chi connectivity index (χ3v) is 6.35. The van der Waals surface area contributed by atoms with Crippen molar-refractivity contribution < 1.29 is 4.79 Å². The van der Waals surface area contributed by atoms with Crippen LogP contribution in [0.3, 0.4) is 0 Å². The van der Waals surface area contributed by atoms with Gasteiger partial charge in [0.1, 0.15) is 0 Å². The molecule has 2 atom stereocenters. The summed E-state index contributed by atoms with van der Waals surface area (Å²) in [7, 11) is 0. The summed E-state index contributed by atoms with van der Waals surface area (Å²) in [5.74, 6) is 1.34. The first-order valence-electron chi connectivity index (χ1n) is 9.28. The van der Waals surface area contributed by atoms with Crippen molar-refractivity contribution in [3.05, 3.63) is 23.1 Å². The predicted molar refractivity (Wildman–Crippen MR) is 98.5 cm³/mol. The Morgan fingerprint density at radius 1 is 1.09 bits per heavy atom. The number of carbonyl (C=O) groups is 1. The number of piperidine rings is 2. The van der Waals surface area contributed by atoms with E-state index in [9.17, 15) is 4.79 Å². The normalized spacial score (nSPS) is 30.0. The van der Waals surface area contributed by atoms with Gasteiger partial charge in [-0.3, -0.25) is 4.79 Å². The highest BCUT2D eigenvalue weighted by Gasteiger charge is 2.36. The number of carbonyl (C=O) groups excluding carboxylic acids is 1.